The van der Waals surface area contributed by atoms with E-state index in [2.05, 4.69) is 20.5 Å². The molecule has 0 aliphatic heterocycles. The lowest BCUT2D eigenvalue weighted by atomic mass is 10.1. The first-order chi connectivity index (χ1) is 14.5. The van der Waals surface area contributed by atoms with Crippen LogP contribution in [0.2, 0.25) is 5.02 Å². The first kappa shape index (κ1) is 19.8. The summed E-state index contributed by atoms with van der Waals surface area (Å²) >= 11 is 6.22. The van der Waals surface area contributed by atoms with Crippen molar-refractivity contribution in [2.75, 3.05) is 6.54 Å². The highest BCUT2D eigenvalue weighted by Gasteiger charge is 2.15. The second-order valence-electron chi connectivity index (χ2n) is 6.96. The minimum Gasteiger partial charge on any atom is -0.350 e. The Balaban J connectivity index is 1.40. The molecule has 0 saturated carbocycles. The maximum atomic E-state index is 12.6. The summed E-state index contributed by atoms with van der Waals surface area (Å²) in [6.07, 6.45) is 4.33. The van der Waals surface area contributed by atoms with Crippen LogP contribution in [0.4, 0.5) is 0 Å². The van der Waals surface area contributed by atoms with Crippen molar-refractivity contribution in [2.45, 2.75) is 20.3 Å². The highest BCUT2D eigenvalue weighted by atomic mass is 35.5. The fourth-order valence-corrected chi connectivity index (χ4v) is 3.40. The summed E-state index contributed by atoms with van der Waals surface area (Å²) in [5.41, 5.74) is 4.11. The van der Waals surface area contributed by atoms with Crippen LogP contribution in [0, 0.1) is 13.8 Å². The van der Waals surface area contributed by atoms with Crippen LogP contribution in [0.3, 0.4) is 0 Å². The molecular formula is C22H21ClN6O. The van der Waals surface area contributed by atoms with E-state index >= 15 is 0 Å². The van der Waals surface area contributed by atoms with Crippen molar-refractivity contribution >= 4 is 17.5 Å². The third-order valence-electron chi connectivity index (χ3n) is 4.68. The highest BCUT2D eigenvalue weighted by Crippen LogP contribution is 2.18. The van der Waals surface area contributed by atoms with Crippen molar-refractivity contribution in [3.05, 3.63) is 88.6 Å². The topological polar surface area (TPSA) is 77.6 Å². The number of rotatable bonds is 6. The average molecular weight is 421 g/mol. The molecule has 0 unspecified atom stereocenters. The van der Waals surface area contributed by atoms with E-state index in [1.54, 1.807) is 27.7 Å². The van der Waals surface area contributed by atoms with Gasteiger partial charge in [0.25, 0.3) is 5.91 Å². The number of benzene rings is 1. The Kier molecular flexibility index (Phi) is 5.63. The van der Waals surface area contributed by atoms with Crippen LogP contribution >= 0.6 is 11.6 Å². The Morgan fingerprint density at radius 2 is 1.93 bits per heavy atom. The molecule has 3 aromatic heterocycles. The average Bonchev–Trinajstić information content (AvgIpc) is 3.38. The monoisotopic (exact) mass is 420 g/mol. The van der Waals surface area contributed by atoms with Gasteiger partial charge in [0.1, 0.15) is 5.69 Å². The predicted molar refractivity (Wildman–Crippen MR) is 115 cm³/mol. The zero-order valence-corrected chi connectivity index (χ0v) is 17.5. The van der Waals surface area contributed by atoms with Crippen LogP contribution in [0.1, 0.15) is 27.4 Å². The van der Waals surface area contributed by atoms with Crippen LogP contribution in [-0.4, -0.2) is 37.0 Å². The summed E-state index contributed by atoms with van der Waals surface area (Å²) in [5.74, 6) is 0.251. The molecule has 3 heterocycles. The van der Waals surface area contributed by atoms with Crippen LogP contribution < -0.4 is 5.32 Å². The zero-order valence-electron chi connectivity index (χ0n) is 16.7. The first-order valence-electron chi connectivity index (χ1n) is 9.58. The molecule has 0 spiro atoms. The quantitative estimate of drug-likeness (QED) is 0.516. The number of hydrogen-bond donors (Lipinski definition) is 1. The number of carbonyl (C=O) groups excluding carboxylic acids is 1. The Morgan fingerprint density at radius 3 is 2.60 bits per heavy atom. The minimum atomic E-state index is -0.309. The molecule has 0 aliphatic carbocycles. The Hall–Kier alpha value is -3.45. The molecule has 0 radical (unpaired) electrons. The molecule has 0 fully saturated rings. The van der Waals surface area contributed by atoms with Gasteiger partial charge in [-0.05, 0) is 62.2 Å². The van der Waals surface area contributed by atoms with Gasteiger partial charge >= 0.3 is 0 Å². The van der Waals surface area contributed by atoms with Crippen molar-refractivity contribution in [3.63, 3.8) is 0 Å². The van der Waals surface area contributed by atoms with E-state index in [4.69, 9.17) is 11.6 Å². The molecule has 1 N–H and O–H groups in total. The van der Waals surface area contributed by atoms with Gasteiger partial charge in [-0.2, -0.15) is 10.2 Å². The van der Waals surface area contributed by atoms with E-state index in [-0.39, 0.29) is 11.6 Å². The third kappa shape index (κ3) is 4.26. The number of pyridine rings is 1. The van der Waals surface area contributed by atoms with Crippen molar-refractivity contribution < 1.29 is 4.79 Å². The van der Waals surface area contributed by atoms with Gasteiger partial charge in [0.05, 0.1) is 16.4 Å². The molecule has 1 amide bonds. The van der Waals surface area contributed by atoms with Crippen LogP contribution in [0.25, 0.3) is 11.5 Å². The van der Waals surface area contributed by atoms with E-state index in [1.807, 2.05) is 56.4 Å². The lowest BCUT2D eigenvalue weighted by Crippen LogP contribution is -2.27. The summed E-state index contributed by atoms with van der Waals surface area (Å²) in [6, 6.07) is 15.3. The van der Waals surface area contributed by atoms with Gasteiger partial charge in [-0.25, -0.2) is 14.3 Å². The maximum absolute atomic E-state index is 12.6. The van der Waals surface area contributed by atoms with Gasteiger partial charge < -0.3 is 5.32 Å². The van der Waals surface area contributed by atoms with Gasteiger partial charge in [-0.15, -0.1) is 0 Å². The molecule has 7 nitrogen and oxygen atoms in total. The normalized spacial score (nSPS) is 10.9. The maximum Gasteiger partial charge on any atom is 0.271 e. The molecule has 0 atom stereocenters. The SMILES string of the molecule is Cc1cc(C)n(-c2ccc(Cl)c(C(=O)NCCc3ccc(-n4cccn4)cc3)n2)n1. The number of amides is 1. The zero-order chi connectivity index (χ0) is 21.1. The molecule has 4 rings (SSSR count). The molecule has 152 valence electrons. The summed E-state index contributed by atoms with van der Waals surface area (Å²) in [7, 11) is 0. The van der Waals surface area contributed by atoms with Gasteiger partial charge in [0.2, 0.25) is 0 Å². The lowest BCUT2D eigenvalue weighted by molar-refractivity contribution is 0.0949. The Bertz CT molecular complexity index is 1170. The van der Waals surface area contributed by atoms with Gasteiger partial charge in [0.15, 0.2) is 5.82 Å². The predicted octanol–water partition coefficient (Wildman–Crippen LogP) is 3.70. The lowest BCUT2D eigenvalue weighted by Gasteiger charge is -2.09. The number of halogens is 1. The summed E-state index contributed by atoms with van der Waals surface area (Å²) < 4.78 is 3.50. The number of carbonyl (C=O) groups is 1. The van der Waals surface area contributed by atoms with Crippen molar-refractivity contribution in [2.24, 2.45) is 0 Å². The minimum absolute atomic E-state index is 0.191. The molecule has 4 aromatic rings. The first-order valence-corrected chi connectivity index (χ1v) is 9.96. The number of nitrogens with zero attached hydrogens (tertiary/aromatic N) is 5. The van der Waals surface area contributed by atoms with E-state index in [1.165, 1.54) is 0 Å². The Morgan fingerprint density at radius 1 is 1.13 bits per heavy atom. The van der Waals surface area contributed by atoms with E-state index in [9.17, 15) is 4.79 Å². The fourth-order valence-electron chi connectivity index (χ4n) is 3.21. The van der Waals surface area contributed by atoms with E-state index in [0.29, 0.717) is 23.8 Å². The Labute approximate surface area is 179 Å². The smallest absolute Gasteiger partial charge is 0.271 e. The van der Waals surface area contributed by atoms with Crippen molar-refractivity contribution in [3.8, 4) is 11.5 Å². The highest BCUT2D eigenvalue weighted by molar-refractivity contribution is 6.33. The van der Waals surface area contributed by atoms with Crippen LogP contribution in [0.5, 0.6) is 0 Å². The van der Waals surface area contributed by atoms with Gasteiger partial charge in [-0.1, -0.05) is 23.7 Å². The summed E-state index contributed by atoms with van der Waals surface area (Å²) in [4.78, 5) is 17.1. The van der Waals surface area contributed by atoms with E-state index in [0.717, 1.165) is 22.6 Å². The number of aryl methyl sites for hydroxylation is 2. The fraction of sp³-hybridized carbons (Fsp3) is 0.182. The molecule has 8 heteroatoms. The van der Waals surface area contributed by atoms with Crippen LogP contribution in [0.15, 0.2) is 60.9 Å². The summed E-state index contributed by atoms with van der Waals surface area (Å²) in [6.45, 7) is 4.32. The molecule has 0 aliphatic rings. The largest absolute Gasteiger partial charge is 0.350 e. The third-order valence-corrected chi connectivity index (χ3v) is 4.98. The molecule has 30 heavy (non-hydrogen) atoms. The number of nitrogens with one attached hydrogen (secondary N) is 1. The standard InChI is InChI=1S/C22H21ClN6O/c1-15-14-16(2)29(27-15)20-9-8-19(23)21(26-20)22(30)24-12-10-17-4-6-18(7-5-17)28-13-3-11-25-28/h3-9,11,13-14H,10,12H2,1-2H3,(H,24,30). The molecule has 1 aromatic carbocycles. The van der Waals surface area contributed by atoms with Gasteiger partial charge in [0, 0.05) is 24.6 Å². The molecule has 0 bridgehead atoms. The van der Waals surface area contributed by atoms with E-state index < -0.39 is 0 Å². The number of aromatic nitrogens is 5. The van der Waals surface area contributed by atoms with Crippen molar-refractivity contribution in [1.82, 2.24) is 29.9 Å². The second-order valence-corrected chi connectivity index (χ2v) is 7.37. The summed E-state index contributed by atoms with van der Waals surface area (Å²) in [5, 5.41) is 11.8. The second kappa shape index (κ2) is 8.51. The van der Waals surface area contributed by atoms with Gasteiger partial charge in [-0.3, -0.25) is 4.79 Å². The molecule has 0 saturated heterocycles. The number of hydrogen-bond acceptors (Lipinski definition) is 4. The van der Waals surface area contributed by atoms with Crippen molar-refractivity contribution in [1.29, 1.82) is 0 Å². The molecular weight excluding hydrogens is 400 g/mol. The van der Waals surface area contributed by atoms with Crippen LogP contribution in [-0.2, 0) is 6.42 Å².